The molecule has 0 heterocycles. The Morgan fingerprint density at radius 2 is 1.85 bits per heavy atom. The third-order valence-electron chi connectivity index (χ3n) is 2.73. The molecule has 0 saturated heterocycles. The topological polar surface area (TPSA) is 55.4 Å². The molecule has 0 aliphatic rings. The monoisotopic (exact) mass is 355 g/mol. The minimum atomic E-state index is -3.70. The van der Waals surface area contributed by atoms with Gasteiger partial charge in [-0.25, -0.2) is 8.42 Å². The normalized spacial score (nSPS) is 11.2. The highest BCUT2D eigenvalue weighted by Crippen LogP contribution is 2.29. The quantitative estimate of drug-likeness (QED) is 0.911. The van der Waals surface area contributed by atoms with Gasteiger partial charge in [-0.2, -0.15) is 0 Å². The lowest BCUT2D eigenvalue weighted by atomic mass is 10.2. The number of rotatable bonds is 4. The Kier molecular flexibility index (Phi) is 4.35. The molecule has 0 fully saturated rings. The summed E-state index contributed by atoms with van der Waals surface area (Å²) >= 11 is 3.35. The molecule has 2 aromatic carbocycles. The number of methoxy groups -OCH3 is 1. The number of anilines is 1. The Morgan fingerprint density at radius 3 is 2.50 bits per heavy atom. The number of halogens is 1. The lowest BCUT2D eigenvalue weighted by Gasteiger charge is -2.12. The highest BCUT2D eigenvalue weighted by Gasteiger charge is 2.19. The van der Waals surface area contributed by atoms with Crippen molar-refractivity contribution in [1.29, 1.82) is 0 Å². The second-order valence-corrected chi connectivity index (χ2v) is 6.74. The summed E-state index contributed by atoms with van der Waals surface area (Å²) in [6.45, 7) is 1.93. The van der Waals surface area contributed by atoms with Crippen molar-refractivity contribution in [2.75, 3.05) is 11.8 Å². The Labute approximate surface area is 127 Å². The molecule has 2 aromatic rings. The van der Waals surface area contributed by atoms with Gasteiger partial charge >= 0.3 is 0 Å². The van der Waals surface area contributed by atoms with E-state index in [0.29, 0.717) is 15.9 Å². The van der Waals surface area contributed by atoms with E-state index in [2.05, 4.69) is 20.7 Å². The fourth-order valence-corrected chi connectivity index (χ4v) is 3.72. The van der Waals surface area contributed by atoms with Crippen LogP contribution in [0.4, 0.5) is 5.69 Å². The molecule has 0 saturated carbocycles. The Hall–Kier alpha value is -1.53. The predicted molar refractivity (Wildman–Crippen MR) is 82.7 cm³/mol. The van der Waals surface area contributed by atoms with Crippen LogP contribution in [-0.2, 0) is 10.0 Å². The third kappa shape index (κ3) is 3.13. The molecule has 0 aliphatic heterocycles. The first kappa shape index (κ1) is 14.9. The van der Waals surface area contributed by atoms with E-state index in [1.54, 1.807) is 24.3 Å². The smallest absolute Gasteiger partial charge is 0.265 e. The Balaban J connectivity index is 2.41. The van der Waals surface area contributed by atoms with Gasteiger partial charge in [0.15, 0.2) is 0 Å². The first-order chi connectivity index (χ1) is 9.44. The molecular formula is C14H14BrNO3S. The van der Waals surface area contributed by atoms with Gasteiger partial charge in [-0.15, -0.1) is 0 Å². The first-order valence-corrected chi connectivity index (χ1v) is 8.13. The van der Waals surface area contributed by atoms with Gasteiger partial charge in [-0.05, 0) is 52.7 Å². The van der Waals surface area contributed by atoms with Crippen molar-refractivity contribution in [3.8, 4) is 5.75 Å². The average Bonchev–Trinajstić information content (AvgIpc) is 2.42. The van der Waals surface area contributed by atoms with Crippen LogP contribution in [0.3, 0.4) is 0 Å². The number of ether oxygens (including phenoxy) is 1. The van der Waals surface area contributed by atoms with E-state index in [-0.39, 0.29) is 4.90 Å². The predicted octanol–water partition coefficient (Wildman–Crippen LogP) is 3.57. The molecule has 106 valence electrons. The molecule has 0 atom stereocenters. The first-order valence-electron chi connectivity index (χ1n) is 5.86. The van der Waals surface area contributed by atoms with Gasteiger partial charge < -0.3 is 4.74 Å². The summed E-state index contributed by atoms with van der Waals surface area (Å²) in [6.07, 6.45) is 0. The molecular weight excluding hydrogens is 342 g/mol. The zero-order valence-electron chi connectivity index (χ0n) is 11.1. The van der Waals surface area contributed by atoms with Gasteiger partial charge in [0.2, 0.25) is 0 Å². The second-order valence-electron chi connectivity index (χ2n) is 4.24. The molecule has 0 aliphatic carbocycles. The van der Waals surface area contributed by atoms with Crippen LogP contribution in [0, 0.1) is 6.92 Å². The van der Waals surface area contributed by atoms with E-state index < -0.39 is 10.0 Å². The van der Waals surface area contributed by atoms with Crippen LogP contribution in [0.25, 0.3) is 0 Å². The molecule has 0 radical (unpaired) electrons. The van der Waals surface area contributed by atoms with Crippen LogP contribution in [0.5, 0.6) is 5.75 Å². The van der Waals surface area contributed by atoms with Crippen molar-refractivity contribution < 1.29 is 13.2 Å². The van der Waals surface area contributed by atoms with E-state index in [1.165, 1.54) is 13.2 Å². The molecule has 1 N–H and O–H groups in total. The summed E-state index contributed by atoms with van der Waals surface area (Å²) in [5, 5.41) is 0. The van der Waals surface area contributed by atoms with Gasteiger partial charge in [0.25, 0.3) is 10.0 Å². The van der Waals surface area contributed by atoms with Crippen LogP contribution >= 0.6 is 15.9 Å². The van der Waals surface area contributed by atoms with Gasteiger partial charge in [-0.1, -0.05) is 18.2 Å². The molecule has 6 heteroatoms. The minimum Gasteiger partial charge on any atom is -0.495 e. The highest BCUT2D eigenvalue weighted by molar-refractivity contribution is 9.10. The van der Waals surface area contributed by atoms with E-state index in [1.807, 2.05) is 19.1 Å². The highest BCUT2D eigenvalue weighted by atomic mass is 79.9. The van der Waals surface area contributed by atoms with E-state index in [0.717, 1.165) is 5.56 Å². The second kappa shape index (κ2) is 5.85. The summed E-state index contributed by atoms with van der Waals surface area (Å²) < 4.78 is 33.1. The van der Waals surface area contributed by atoms with Gasteiger partial charge in [0, 0.05) is 4.47 Å². The molecule has 0 bridgehead atoms. The maximum Gasteiger partial charge on any atom is 0.265 e. The van der Waals surface area contributed by atoms with Crippen molar-refractivity contribution in [3.05, 3.63) is 52.5 Å². The Bertz CT molecular complexity index is 729. The number of hydrogen-bond donors (Lipinski definition) is 1. The largest absolute Gasteiger partial charge is 0.495 e. The van der Waals surface area contributed by atoms with E-state index in [4.69, 9.17) is 4.74 Å². The minimum absolute atomic E-state index is 0.106. The van der Waals surface area contributed by atoms with Crippen LogP contribution in [0.2, 0.25) is 0 Å². The number of aryl methyl sites for hydroxylation is 1. The fraction of sp³-hybridized carbons (Fsp3) is 0.143. The van der Waals surface area contributed by atoms with E-state index >= 15 is 0 Å². The van der Waals surface area contributed by atoms with Gasteiger partial charge in [-0.3, -0.25) is 4.72 Å². The van der Waals surface area contributed by atoms with Gasteiger partial charge in [0.1, 0.15) is 10.6 Å². The van der Waals surface area contributed by atoms with Crippen molar-refractivity contribution in [2.24, 2.45) is 0 Å². The average molecular weight is 356 g/mol. The summed E-state index contributed by atoms with van der Waals surface area (Å²) in [5.41, 5.74) is 1.53. The zero-order valence-corrected chi connectivity index (χ0v) is 13.5. The molecule has 0 aromatic heterocycles. The van der Waals surface area contributed by atoms with Crippen molar-refractivity contribution >= 4 is 31.6 Å². The van der Waals surface area contributed by atoms with Gasteiger partial charge in [0.05, 0.1) is 12.8 Å². The summed E-state index contributed by atoms with van der Waals surface area (Å²) in [4.78, 5) is 0.106. The maximum absolute atomic E-state index is 12.4. The summed E-state index contributed by atoms with van der Waals surface area (Å²) in [7, 11) is -2.26. The number of hydrogen-bond acceptors (Lipinski definition) is 3. The lowest BCUT2D eigenvalue weighted by molar-refractivity contribution is 0.403. The van der Waals surface area contributed by atoms with Crippen LogP contribution < -0.4 is 9.46 Å². The van der Waals surface area contributed by atoms with Crippen molar-refractivity contribution in [2.45, 2.75) is 11.8 Å². The summed E-state index contributed by atoms with van der Waals surface area (Å²) in [6, 6.07) is 11.9. The SMILES string of the molecule is COc1ccccc1S(=O)(=O)Nc1ccc(C)cc1Br. The number of sulfonamides is 1. The number of benzene rings is 2. The van der Waals surface area contributed by atoms with Crippen molar-refractivity contribution in [1.82, 2.24) is 0 Å². The number of para-hydroxylation sites is 1. The number of nitrogens with one attached hydrogen (secondary N) is 1. The molecule has 2 rings (SSSR count). The standard InChI is InChI=1S/C14H14BrNO3S/c1-10-7-8-12(11(15)9-10)16-20(17,18)14-6-4-3-5-13(14)19-2/h3-9,16H,1-2H3. The zero-order chi connectivity index (χ0) is 14.8. The Morgan fingerprint density at radius 1 is 1.15 bits per heavy atom. The molecule has 0 amide bonds. The molecule has 20 heavy (non-hydrogen) atoms. The van der Waals surface area contributed by atoms with Crippen LogP contribution in [-0.4, -0.2) is 15.5 Å². The summed E-state index contributed by atoms with van der Waals surface area (Å²) in [5.74, 6) is 0.309. The molecule has 0 unspecified atom stereocenters. The fourth-order valence-electron chi connectivity index (χ4n) is 1.74. The van der Waals surface area contributed by atoms with Crippen molar-refractivity contribution in [3.63, 3.8) is 0 Å². The third-order valence-corrected chi connectivity index (χ3v) is 4.79. The van der Waals surface area contributed by atoms with Crippen LogP contribution in [0.15, 0.2) is 51.8 Å². The maximum atomic E-state index is 12.4. The van der Waals surface area contributed by atoms with E-state index in [9.17, 15) is 8.42 Å². The van der Waals surface area contributed by atoms with Crippen LogP contribution in [0.1, 0.15) is 5.56 Å². The molecule has 0 spiro atoms. The lowest BCUT2D eigenvalue weighted by Crippen LogP contribution is -2.14. The molecule has 4 nitrogen and oxygen atoms in total.